The van der Waals surface area contributed by atoms with E-state index >= 15 is 0 Å². The zero-order valence-electron chi connectivity index (χ0n) is 21.4. The number of hydrogen-bond acceptors (Lipinski definition) is 2. The first-order valence-electron chi connectivity index (χ1n) is 11.4. The Morgan fingerprint density at radius 1 is 1.12 bits per heavy atom. The van der Waals surface area contributed by atoms with Crippen molar-refractivity contribution in [2.45, 2.75) is 73.1 Å². The summed E-state index contributed by atoms with van der Waals surface area (Å²) in [7, 11) is 0.500. The van der Waals surface area contributed by atoms with Crippen LogP contribution in [0.1, 0.15) is 64.5 Å². The third kappa shape index (κ3) is 27.9. The molecule has 1 rings (SSSR count). The van der Waals surface area contributed by atoms with Gasteiger partial charge < -0.3 is 10.1 Å². The molecule has 1 aromatic carbocycles. The Balaban J connectivity index is -0.000000417. The lowest BCUT2D eigenvalue weighted by molar-refractivity contribution is -0.124. The first-order chi connectivity index (χ1) is 15.6. The Morgan fingerprint density at radius 2 is 1.73 bits per heavy atom. The van der Waals surface area contributed by atoms with E-state index in [-0.39, 0.29) is 0 Å². The molecule has 192 valence electrons. The summed E-state index contributed by atoms with van der Waals surface area (Å²) < 4.78 is 48.0. The summed E-state index contributed by atoms with van der Waals surface area (Å²) in [4.78, 5) is 0. The summed E-state index contributed by atoms with van der Waals surface area (Å²) in [6.45, 7) is 20.2. The summed E-state index contributed by atoms with van der Waals surface area (Å²) >= 11 is 0. The first-order valence-corrected chi connectivity index (χ1v) is 11.4. The highest BCUT2D eigenvalue weighted by Gasteiger charge is 2.23. The van der Waals surface area contributed by atoms with E-state index in [0.29, 0.717) is 13.8 Å². The smallest absolute Gasteiger partial charge is 0.392 e. The average molecular weight is 476 g/mol. The maximum atomic E-state index is 11.0. The van der Waals surface area contributed by atoms with Gasteiger partial charge in [0.05, 0.1) is 19.4 Å². The molecule has 6 heteroatoms. The summed E-state index contributed by atoms with van der Waals surface area (Å²) in [6, 6.07) is 8.31. The fourth-order valence-corrected chi connectivity index (χ4v) is 2.56. The molecule has 0 spiro atoms. The van der Waals surface area contributed by atoms with Crippen LogP contribution in [0, 0.1) is 12.8 Å². The molecule has 0 aliphatic heterocycles. The minimum absolute atomic E-state index is 0.500. The van der Waals surface area contributed by atoms with Crippen molar-refractivity contribution in [3.05, 3.63) is 72.5 Å². The molecule has 0 radical (unpaired) electrons. The second-order valence-electron chi connectivity index (χ2n) is 7.22. The van der Waals surface area contributed by atoms with Gasteiger partial charge in [0.2, 0.25) is 0 Å². The summed E-state index contributed by atoms with van der Waals surface area (Å²) in [5, 5.41) is 3.35. The van der Waals surface area contributed by atoms with E-state index in [0.717, 1.165) is 24.3 Å². The highest BCUT2D eigenvalue weighted by molar-refractivity contribution is 5.21. The van der Waals surface area contributed by atoms with E-state index in [1.807, 2.05) is 19.1 Å². The van der Waals surface area contributed by atoms with Crippen molar-refractivity contribution in [1.82, 2.24) is 5.32 Å². The van der Waals surface area contributed by atoms with Crippen molar-refractivity contribution in [2.24, 2.45) is 5.92 Å². The first kappa shape index (κ1) is 35.5. The lowest BCUT2D eigenvalue weighted by atomic mass is 10.00. The average Bonchev–Trinajstić information content (AvgIpc) is 2.77. The molecule has 0 unspecified atom stereocenters. The van der Waals surface area contributed by atoms with Gasteiger partial charge in [-0.05, 0) is 50.9 Å². The molecule has 0 amide bonds. The summed E-state index contributed by atoms with van der Waals surface area (Å²) in [5.41, 5.74) is 2.46. The second-order valence-corrected chi connectivity index (χ2v) is 7.22. The largest absolute Gasteiger partial charge is 0.494 e. The van der Waals surface area contributed by atoms with Crippen LogP contribution in [0.2, 0.25) is 0 Å². The van der Waals surface area contributed by atoms with Gasteiger partial charge in [-0.25, -0.2) is 0 Å². The number of aryl methyl sites for hydroxylation is 1. The molecule has 2 nitrogen and oxygen atoms in total. The Hall–Kier alpha value is -2.08. The number of nitrogens with one attached hydrogen (secondary N) is 1. The summed E-state index contributed by atoms with van der Waals surface area (Å²) in [5.74, 6) is 1.83. The van der Waals surface area contributed by atoms with Gasteiger partial charge in [-0.2, -0.15) is 13.2 Å². The highest BCUT2D eigenvalue weighted by atomic mass is 19.4. The van der Waals surface area contributed by atoms with Gasteiger partial charge in [-0.15, -0.1) is 6.58 Å². The molecular weight excluding hydrogens is 430 g/mol. The van der Waals surface area contributed by atoms with E-state index in [2.05, 4.69) is 64.4 Å². The molecule has 0 fully saturated rings. The number of allylic oxidation sites excluding steroid dienone is 4. The predicted molar refractivity (Wildman–Crippen MR) is 135 cm³/mol. The predicted octanol–water partition coefficient (Wildman–Crippen LogP) is 8.73. The standard InChI is InChI=1S/C13H16O.C9H21N.C4H5F3.CH3F/c1-4-6-12(3)14-10-13-8-5-7-11(2)9-13;1-4-9(5-2)7-8-10-6-3;1-2-3-4(5,6)7;1-2/h4-9H,1,10H2,2-3H3;9-10H,4-8H2,1-3H3;2H,1,3H2;1H3/b12-6+;;;. The van der Waals surface area contributed by atoms with E-state index in [1.165, 1.54) is 36.9 Å². The van der Waals surface area contributed by atoms with Crippen molar-refractivity contribution in [1.29, 1.82) is 0 Å². The zero-order chi connectivity index (χ0) is 26.1. The highest BCUT2D eigenvalue weighted by Crippen LogP contribution is 2.18. The number of halogens is 4. The number of benzene rings is 1. The molecule has 33 heavy (non-hydrogen) atoms. The Kier molecular flexibility index (Phi) is 26.4. The number of hydrogen-bond donors (Lipinski definition) is 1. The molecule has 0 heterocycles. The Bertz CT molecular complexity index is 608. The molecule has 0 bridgehead atoms. The second kappa shape index (κ2) is 24.6. The number of rotatable bonds is 11. The maximum Gasteiger partial charge on any atom is 0.392 e. The molecule has 1 aromatic rings. The van der Waals surface area contributed by atoms with Crippen LogP contribution in [0.25, 0.3) is 0 Å². The van der Waals surface area contributed by atoms with E-state index in [4.69, 9.17) is 4.74 Å². The third-order valence-corrected chi connectivity index (χ3v) is 4.41. The van der Waals surface area contributed by atoms with E-state index in [9.17, 15) is 17.6 Å². The van der Waals surface area contributed by atoms with Crippen molar-refractivity contribution < 1.29 is 22.3 Å². The Morgan fingerprint density at radius 3 is 2.12 bits per heavy atom. The molecule has 0 atom stereocenters. The number of ether oxygens (including phenoxy) is 1. The van der Waals surface area contributed by atoms with Crippen molar-refractivity contribution >= 4 is 0 Å². The molecule has 0 aliphatic rings. The topological polar surface area (TPSA) is 21.3 Å². The third-order valence-electron chi connectivity index (χ3n) is 4.41. The minimum Gasteiger partial charge on any atom is -0.494 e. The van der Waals surface area contributed by atoms with Crippen LogP contribution in [-0.4, -0.2) is 26.4 Å². The van der Waals surface area contributed by atoms with Crippen LogP contribution in [0.3, 0.4) is 0 Å². The fourth-order valence-electron chi connectivity index (χ4n) is 2.56. The molecule has 0 aliphatic carbocycles. The zero-order valence-corrected chi connectivity index (χ0v) is 21.4. The SMILES string of the molecule is C=C/C=C(\C)OCc1cccc(C)c1.C=CCC(F)(F)F.CCNCCC(CC)CC.CF. The van der Waals surface area contributed by atoms with Crippen LogP contribution >= 0.6 is 0 Å². The van der Waals surface area contributed by atoms with Gasteiger partial charge in [0, 0.05) is 0 Å². The van der Waals surface area contributed by atoms with E-state index < -0.39 is 12.6 Å². The van der Waals surface area contributed by atoms with Gasteiger partial charge >= 0.3 is 6.18 Å². The van der Waals surface area contributed by atoms with Crippen LogP contribution in [0.4, 0.5) is 17.6 Å². The fraction of sp³-hybridized carbons (Fsp3) is 0.556. The van der Waals surface area contributed by atoms with Crippen molar-refractivity contribution in [3.8, 4) is 0 Å². The van der Waals surface area contributed by atoms with Crippen LogP contribution in [0.15, 0.2) is 61.4 Å². The molecular formula is C27H45F4NO. The maximum absolute atomic E-state index is 11.0. The van der Waals surface area contributed by atoms with Gasteiger partial charge in [-0.3, -0.25) is 4.39 Å². The monoisotopic (exact) mass is 475 g/mol. The van der Waals surface area contributed by atoms with Gasteiger partial charge in [0.1, 0.15) is 6.61 Å². The molecule has 0 aromatic heterocycles. The van der Waals surface area contributed by atoms with Crippen LogP contribution in [-0.2, 0) is 11.3 Å². The quantitative estimate of drug-likeness (QED) is 0.114. The van der Waals surface area contributed by atoms with Crippen molar-refractivity contribution in [3.63, 3.8) is 0 Å². The van der Waals surface area contributed by atoms with Gasteiger partial charge in [0.25, 0.3) is 0 Å². The van der Waals surface area contributed by atoms with E-state index in [1.54, 1.807) is 6.08 Å². The molecule has 0 saturated heterocycles. The minimum atomic E-state index is -4.07. The van der Waals surface area contributed by atoms with Gasteiger partial charge in [-0.1, -0.05) is 82.2 Å². The van der Waals surface area contributed by atoms with Gasteiger partial charge in [0.15, 0.2) is 0 Å². The normalized spacial score (nSPS) is 10.6. The summed E-state index contributed by atoms with van der Waals surface area (Å²) in [6.07, 6.45) is 3.47. The number of alkyl halides is 4. The molecule has 0 saturated carbocycles. The van der Waals surface area contributed by atoms with Crippen LogP contribution in [0.5, 0.6) is 0 Å². The lowest BCUT2D eigenvalue weighted by Crippen LogP contribution is -2.16. The van der Waals surface area contributed by atoms with Crippen molar-refractivity contribution in [2.75, 3.05) is 20.3 Å². The lowest BCUT2D eigenvalue weighted by Gasteiger charge is -2.11. The van der Waals surface area contributed by atoms with Crippen LogP contribution < -0.4 is 5.32 Å². The Labute approximate surface area is 199 Å². The molecule has 1 N–H and O–H groups in total.